The lowest BCUT2D eigenvalue weighted by Crippen LogP contribution is -2.18. The van der Waals surface area contributed by atoms with E-state index in [9.17, 15) is 4.79 Å². The Balaban J connectivity index is 1.97. The lowest BCUT2D eigenvalue weighted by Gasteiger charge is -2.15. The van der Waals surface area contributed by atoms with Gasteiger partial charge in [0.05, 0.1) is 7.11 Å². The van der Waals surface area contributed by atoms with Gasteiger partial charge in [-0.15, -0.1) is 0 Å². The predicted molar refractivity (Wildman–Crippen MR) is 81.5 cm³/mol. The van der Waals surface area contributed by atoms with Crippen molar-refractivity contribution in [1.29, 1.82) is 0 Å². The number of aromatic amines is 1. The summed E-state index contributed by atoms with van der Waals surface area (Å²) in [5, 5.41) is 3.41. The molecule has 2 N–H and O–H groups in total. The summed E-state index contributed by atoms with van der Waals surface area (Å²) in [6.45, 7) is 2.75. The summed E-state index contributed by atoms with van der Waals surface area (Å²) < 4.78 is 5.75. The quantitative estimate of drug-likeness (QED) is 0.822. The van der Waals surface area contributed by atoms with E-state index in [1.54, 1.807) is 6.07 Å². The van der Waals surface area contributed by atoms with Gasteiger partial charge in [0.25, 0.3) is 0 Å². The molecular formula is C15H17BrN2O2. The average molecular weight is 337 g/mol. The van der Waals surface area contributed by atoms with Crippen molar-refractivity contribution in [2.45, 2.75) is 19.5 Å². The molecule has 0 spiro atoms. The maximum Gasteiger partial charge on any atom is 0.354 e. The Kier molecular flexibility index (Phi) is 4.98. The van der Waals surface area contributed by atoms with Crippen LogP contribution in [0.15, 0.2) is 40.9 Å². The third-order valence-electron chi connectivity index (χ3n) is 3.12. The Hall–Kier alpha value is -1.59. The van der Waals surface area contributed by atoms with E-state index in [4.69, 9.17) is 0 Å². The number of ether oxygens (including phenoxy) is 1. The zero-order valence-electron chi connectivity index (χ0n) is 11.4. The molecule has 0 aliphatic heterocycles. The van der Waals surface area contributed by atoms with Gasteiger partial charge in [0.1, 0.15) is 5.69 Å². The standard InChI is InChI=1S/C15H17BrN2O2/c1-10(12-5-3-4-6-13(12)16)17-9-11-7-8-14(18-11)15(19)20-2/h3-8,10,17-18H,9H2,1-2H3/t10-/m0/s1. The van der Waals surface area contributed by atoms with E-state index in [1.807, 2.05) is 24.3 Å². The Bertz CT molecular complexity index is 595. The van der Waals surface area contributed by atoms with Gasteiger partial charge in [0.2, 0.25) is 0 Å². The number of aromatic nitrogens is 1. The molecule has 1 aromatic carbocycles. The van der Waals surface area contributed by atoms with Crippen LogP contribution in [-0.4, -0.2) is 18.1 Å². The second-order valence-electron chi connectivity index (χ2n) is 4.51. The summed E-state index contributed by atoms with van der Waals surface area (Å²) in [7, 11) is 1.37. The van der Waals surface area contributed by atoms with Crippen molar-refractivity contribution in [3.05, 3.63) is 57.8 Å². The molecule has 0 saturated heterocycles. The highest BCUT2D eigenvalue weighted by Gasteiger charge is 2.10. The number of H-pyrrole nitrogens is 1. The van der Waals surface area contributed by atoms with Gasteiger partial charge in [-0.1, -0.05) is 34.1 Å². The van der Waals surface area contributed by atoms with Gasteiger partial charge >= 0.3 is 5.97 Å². The highest BCUT2D eigenvalue weighted by atomic mass is 79.9. The van der Waals surface area contributed by atoms with Crippen LogP contribution in [0.4, 0.5) is 0 Å². The van der Waals surface area contributed by atoms with Crippen LogP contribution in [0.3, 0.4) is 0 Å². The summed E-state index contributed by atoms with van der Waals surface area (Å²) in [5.74, 6) is -0.352. The molecule has 1 aromatic heterocycles. The summed E-state index contributed by atoms with van der Waals surface area (Å²) in [6, 6.07) is 11.9. The lowest BCUT2D eigenvalue weighted by atomic mass is 10.1. The van der Waals surface area contributed by atoms with Gasteiger partial charge in [-0.25, -0.2) is 4.79 Å². The first-order chi connectivity index (χ1) is 9.61. The van der Waals surface area contributed by atoms with Gasteiger partial charge in [0.15, 0.2) is 0 Å². The smallest absolute Gasteiger partial charge is 0.354 e. The molecule has 2 rings (SSSR count). The molecule has 4 nitrogen and oxygen atoms in total. The molecule has 2 aromatic rings. The molecule has 1 atom stereocenters. The Morgan fingerprint density at radius 2 is 2.10 bits per heavy atom. The number of halogens is 1. The molecule has 0 aliphatic rings. The van der Waals surface area contributed by atoms with E-state index >= 15 is 0 Å². The van der Waals surface area contributed by atoms with Gasteiger partial charge < -0.3 is 15.0 Å². The molecule has 0 amide bonds. The normalized spacial score (nSPS) is 12.2. The molecule has 0 unspecified atom stereocenters. The molecule has 0 saturated carbocycles. The zero-order chi connectivity index (χ0) is 14.5. The van der Waals surface area contributed by atoms with Crippen LogP contribution in [0.5, 0.6) is 0 Å². The molecule has 1 heterocycles. The lowest BCUT2D eigenvalue weighted by molar-refractivity contribution is 0.0594. The number of hydrogen-bond donors (Lipinski definition) is 2. The van der Waals surface area contributed by atoms with Crippen molar-refractivity contribution in [2.24, 2.45) is 0 Å². The van der Waals surface area contributed by atoms with Gasteiger partial charge in [-0.05, 0) is 30.7 Å². The molecule has 106 valence electrons. The molecule has 5 heteroatoms. The molecule has 0 radical (unpaired) electrons. The minimum Gasteiger partial charge on any atom is -0.464 e. The average Bonchev–Trinajstić information content (AvgIpc) is 2.93. The van der Waals surface area contributed by atoms with Crippen molar-refractivity contribution in [2.75, 3.05) is 7.11 Å². The summed E-state index contributed by atoms with van der Waals surface area (Å²) in [6.07, 6.45) is 0. The van der Waals surface area contributed by atoms with Crippen LogP contribution in [0.25, 0.3) is 0 Å². The SMILES string of the molecule is COC(=O)c1ccc(CN[C@@H](C)c2ccccc2Br)[nH]1. The van der Waals surface area contributed by atoms with Crippen LogP contribution in [0, 0.1) is 0 Å². The van der Waals surface area contributed by atoms with Crippen LogP contribution >= 0.6 is 15.9 Å². The van der Waals surface area contributed by atoms with Crippen molar-refractivity contribution < 1.29 is 9.53 Å². The van der Waals surface area contributed by atoms with E-state index in [0.717, 1.165) is 10.2 Å². The number of nitrogens with one attached hydrogen (secondary N) is 2. The predicted octanol–water partition coefficient (Wildman–Crippen LogP) is 3.41. The van der Waals surface area contributed by atoms with Gasteiger partial charge in [-0.3, -0.25) is 0 Å². The number of carbonyl (C=O) groups is 1. The number of rotatable bonds is 5. The second-order valence-corrected chi connectivity index (χ2v) is 5.37. The minimum atomic E-state index is -0.352. The van der Waals surface area contributed by atoms with Crippen LogP contribution in [0.2, 0.25) is 0 Å². The van der Waals surface area contributed by atoms with Crippen LogP contribution in [-0.2, 0) is 11.3 Å². The molecular weight excluding hydrogens is 320 g/mol. The molecule has 0 aliphatic carbocycles. The number of hydrogen-bond acceptors (Lipinski definition) is 3. The van der Waals surface area contributed by atoms with Crippen molar-refractivity contribution >= 4 is 21.9 Å². The third kappa shape index (κ3) is 3.49. The second kappa shape index (κ2) is 6.72. The summed E-state index contributed by atoms with van der Waals surface area (Å²) in [5.41, 5.74) is 2.62. The Labute approximate surface area is 126 Å². The Morgan fingerprint density at radius 1 is 1.35 bits per heavy atom. The number of methoxy groups -OCH3 is 1. The van der Waals surface area contributed by atoms with E-state index < -0.39 is 0 Å². The maximum absolute atomic E-state index is 11.4. The third-order valence-corrected chi connectivity index (χ3v) is 3.84. The first kappa shape index (κ1) is 14.8. The first-order valence-electron chi connectivity index (χ1n) is 6.36. The van der Waals surface area contributed by atoms with Crippen LogP contribution in [0.1, 0.15) is 34.7 Å². The van der Waals surface area contributed by atoms with E-state index in [2.05, 4.69) is 44.0 Å². The topological polar surface area (TPSA) is 54.1 Å². The van der Waals surface area contributed by atoms with E-state index in [1.165, 1.54) is 12.7 Å². The molecule has 20 heavy (non-hydrogen) atoms. The van der Waals surface area contributed by atoms with Gasteiger partial charge in [0, 0.05) is 22.8 Å². The molecule has 0 fully saturated rings. The highest BCUT2D eigenvalue weighted by Crippen LogP contribution is 2.22. The number of carbonyl (C=O) groups excluding carboxylic acids is 1. The van der Waals surface area contributed by atoms with E-state index in [-0.39, 0.29) is 12.0 Å². The highest BCUT2D eigenvalue weighted by molar-refractivity contribution is 9.10. The first-order valence-corrected chi connectivity index (χ1v) is 7.15. The van der Waals surface area contributed by atoms with Crippen molar-refractivity contribution in [3.8, 4) is 0 Å². The van der Waals surface area contributed by atoms with Gasteiger partial charge in [-0.2, -0.15) is 0 Å². The fourth-order valence-corrected chi connectivity index (χ4v) is 2.60. The maximum atomic E-state index is 11.4. The number of benzene rings is 1. The fourth-order valence-electron chi connectivity index (χ4n) is 1.97. The minimum absolute atomic E-state index is 0.204. The number of esters is 1. The monoisotopic (exact) mass is 336 g/mol. The summed E-state index contributed by atoms with van der Waals surface area (Å²) >= 11 is 3.55. The van der Waals surface area contributed by atoms with Crippen LogP contribution < -0.4 is 5.32 Å². The molecule has 0 bridgehead atoms. The fraction of sp³-hybridized carbons (Fsp3) is 0.267. The zero-order valence-corrected chi connectivity index (χ0v) is 13.0. The Morgan fingerprint density at radius 3 is 2.80 bits per heavy atom. The van der Waals surface area contributed by atoms with E-state index in [0.29, 0.717) is 12.2 Å². The summed E-state index contributed by atoms with van der Waals surface area (Å²) in [4.78, 5) is 14.4. The van der Waals surface area contributed by atoms with Crippen molar-refractivity contribution in [3.63, 3.8) is 0 Å². The van der Waals surface area contributed by atoms with Crippen molar-refractivity contribution in [1.82, 2.24) is 10.3 Å². The largest absolute Gasteiger partial charge is 0.464 e.